The molecular formula is C27H24N2O2S. The van der Waals surface area contributed by atoms with Crippen molar-refractivity contribution in [3.63, 3.8) is 0 Å². The highest BCUT2D eigenvalue weighted by Crippen LogP contribution is 2.49. The fraction of sp³-hybridized carbons (Fsp3) is 0.259. The molecule has 32 heavy (non-hydrogen) atoms. The van der Waals surface area contributed by atoms with Crippen molar-refractivity contribution in [2.24, 2.45) is 5.92 Å². The molecule has 1 aromatic heterocycles. The molecule has 2 heterocycles. The van der Waals surface area contributed by atoms with Crippen LogP contribution in [-0.4, -0.2) is 11.7 Å². The van der Waals surface area contributed by atoms with E-state index in [1.54, 1.807) is 11.3 Å². The van der Waals surface area contributed by atoms with Gasteiger partial charge in [-0.15, -0.1) is 11.3 Å². The van der Waals surface area contributed by atoms with Crippen LogP contribution >= 0.6 is 11.3 Å². The van der Waals surface area contributed by atoms with Gasteiger partial charge < -0.3 is 5.32 Å². The largest absolute Gasteiger partial charge is 0.357 e. The van der Waals surface area contributed by atoms with Gasteiger partial charge >= 0.3 is 0 Å². The number of rotatable bonds is 3. The summed E-state index contributed by atoms with van der Waals surface area (Å²) in [5.41, 5.74) is 4.65. The second-order valence-electron chi connectivity index (χ2n) is 8.87. The number of nitrogens with zero attached hydrogens (tertiary/aromatic N) is 1. The minimum absolute atomic E-state index is 0.0587. The zero-order valence-corrected chi connectivity index (χ0v) is 18.5. The normalized spacial score (nSPS) is 22.6. The first kappa shape index (κ1) is 19.5. The maximum atomic E-state index is 13.7. The van der Waals surface area contributed by atoms with E-state index in [0.717, 1.165) is 46.8 Å². The molecule has 2 atom stereocenters. The van der Waals surface area contributed by atoms with Crippen LogP contribution in [0.2, 0.25) is 0 Å². The van der Waals surface area contributed by atoms with Gasteiger partial charge in [0.25, 0.3) is 0 Å². The van der Waals surface area contributed by atoms with Gasteiger partial charge in [-0.3, -0.25) is 14.5 Å². The molecule has 2 aliphatic carbocycles. The van der Waals surface area contributed by atoms with Crippen molar-refractivity contribution in [3.8, 4) is 0 Å². The second-order valence-corrected chi connectivity index (χ2v) is 9.85. The molecule has 3 aliphatic rings. The molecule has 0 unspecified atom stereocenters. The van der Waals surface area contributed by atoms with Gasteiger partial charge in [-0.2, -0.15) is 0 Å². The molecule has 0 radical (unpaired) electrons. The van der Waals surface area contributed by atoms with Crippen LogP contribution in [0.15, 0.2) is 83.4 Å². The maximum Gasteiger partial charge on any atom is 0.231 e. The number of carbonyl (C=O) groups is 2. The molecule has 1 amide bonds. The van der Waals surface area contributed by atoms with E-state index in [-0.39, 0.29) is 29.6 Å². The molecule has 1 aliphatic heterocycles. The van der Waals surface area contributed by atoms with Crippen molar-refractivity contribution in [2.75, 3.05) is 10.2 Å². The third-order valence-electron chi connectivity index (χ3n) is 6.74. The molecule has 5 heteroatoms. The molecule has 2 aromatic carbocycles. The van der Waals surface area contributed by atoms with Gasteiger partial charge in [0.15, 0.2) is 5.78 Å². The molecule has 3 aromatic rings. The first-order valence-corrected chi connectivity index (χ1v) is 12.1. The zero-order chi connectivity index (χ0) is 21.7. The van der Waals surface area contributed by atoms with Crippen LogP contribution in [0, 0.1) is 5.92 Å². The standard InChI is InChI=1S/C27H24N2O2S/c30-23-16-19(17-7-2-1-3-8-17)15-21-25(23)26(24-11-6-14-32-24)29(27(31)18-12-13-18)22-10-5-4-9-20(22)28-21/h1-11,14,18-19,26,28H,12-13,15-16H2/t19-,26-/m0/s1. The average Bonchev–Trinajstić information content (AvgIpc) is 3.56. The number of hydrogen-bond acceptors (Lipinski definition) is 4. The third kappa shape index (κ3) is 3.28. The molecule has 1 N–H and O–H groups in total. The Kier molecular flexibility index (Phi) is 4.72. The molecule has 0 bridgehead atoms. The van der Waals surface area contributed by atoms with E-state index < -0.39 is 0 Å². The van der Waals surface area contributed by atoms with Crippen LogP contribution in [0.25, 0.3) is 0 Å². The molecule has 6 rings (SSSR count). The number of thiophene rings is 1. The first-order valence-electron chi connectivity index (χ1n) is 11.2. The van der Waals surface area contributed by atoms with E-state index >= 15 is 0 Å². The smallest absolute Gasteiger partial charge is 0.231 e. The number of hydrogen-bond donors (Lipinski definition) is 1. The SMILES string of the molecule is O=C1C[C@@H](c2ccccc2)CC2=C1[C@H](c1cccs1)N(C(=O)C1CC1)c1ccccc1N2. The Morgan fingerprint density at radius 3 is 2.47 bits per heavy atom. The average molecular weight is 441 g/mol. The Bertz CT molecular complexity index is 1210. The van der Waals surface area contributed by atoms with Crippen molar-refractivity contribution in [1.82, 2.24) is 0 Å². The highest BCUT2D eigenvalue weighted by atomic mass is 32.1. The fourth-order valence-corrected chi connectivity index (χ4v) is 5.86. The van der Waals surface area contributed by atoms with Crippen LogP contribution in [0.4, 0.5) is 11.4 Å². The number of allylic oxidation sites excluding steroid dienone is 1. The van der Waals surface area contributed by atoms with Crippen LogP contribution in [0.3, 0.4) is 0 Å². The molecule has 1 saturated carbocycles. The molecule has 4 nitrogen and oxygen atoms in total. The summed E-state index contributed by atoms with van der Waals surface area (Å²) < 4.78 is 0. The predicted molar refractivity (Wildman–Crippen MR) is 128 cm³/mol. The van der Waals surface area contributed by atoms with Gasteiger partial charge in [0.05, 0.1) is 11.4 Å². The van der Waals surface area contributed by atoms with Gasteiger partial charge in [-0.05, 0) is 54.3 Å². The third-order valence-corrected chi connectivity index (χ3v) is 7.66. The summed E-state index contributed by atoms with van der Waals surface area (Å²) in [6.45, 7) is 0. The van der Waals surface area contributed by atoms with E-state index in [9.17, 15) is 9.59 Å². The summed E-state index contributed by atoms with van der Waals surface area (Å²) in [6.07, 6.45) is 3.08. The monoisotopic (exact) mass is 440 g/mol. The number of Topliss-reactive ketones (excluding diaryl/α,β-unsaturated/α-hetero) is 1. The molecule has 0 saturated heterocycles. The topological polar surface area (TPSA) is 49.4 Å². The van der Waals surface area contributed by atoms with Crippen molar-refractivity contribution < 1.29 is 9.59 Å². The summed E-state index contributed by atoms with van der Waals surface area (Å²) in [5.74, 6) is 0.456. The summed E-state index contributed by atoms with van der Waals surface area (Å²) in [7, 11) is 0. The Balaban J connectivity index is 1.53. The second kappa shape index (κ2) is 7.75. The number of ketones is 1. The Morgan fingerprint density at radius 2 is 1.72 bits per heavy atom. The van der Waals surface area contributed by atoms with Crippen molar-refractivity contribution in [2.45, 2.75) is 37.6 Å². The van der Waals surface area contributed by atoms with E-state index in [4.69, 9.17) is 0 Å². The Labute approximate surface area is 191 Å². The minimum Gasteiger partial charge on any atom is -0.357 e. The molecular weight excluding hydrogens is 416 g/mol. The predicted octanol–water partition coefficient (Wildman–Crippen LogP) is 6.06. The van der Waals surface area contributed by atoms with E-state index in [1.807, 2.05) is 58.8 Å². The lowest BCUT2D eigenvalue weighted by Crippen LogP contribution is -2.39. The van der Waals surface area contributed by atoms with E-state index in [0.29, 0.717) is 6.42 Å². The summed E-state index contributed by atoms with van der Waals surface area (Å²) in [4.78, 5) is 30.3. The van der Waals surface area contributed by atoms with E-state index in [2.05, 4.69) is 23.5 Å². The van der Waals surface area contributed by atoms with Crippen molar-refractivity contribution >= 4 is 34.4 Å². The van der Waals surface area contributed by atoms with Crippen LogP contribution < -0.4 is 10.2 Å². The number of para-hydroxylation sites is 2. The maximum absolute atomic E-state index is 13.7. The van der Waals surface area contributed by atoms with Crippen LogP contribution in [-0.2, 0) is 9.59 Å². The molecule has 0 spiro atoms. The van der Waals surface area contributed by atoms with E-state index in [1.165, 1.54) is 5.56 Å². The van der Waals surface area contributed by atoms with Gasteiger partial charge in [0.1, 0.15) is 6.04 Å². The fourth-order valence-electron chi connectivity index (χ4n) is 5.04. The Hall–Kier alpha value is -3.18. The van der Waals surface area contributed by atoms with Crippen LogP contribution in [0.1, 0.15) is 48.1 Å². The molecule has 160 valence electrons. The van der Waals surface area contributed by atoms with Crippen molar-refractivity contribution in [3.05, 3.63) is 93.8 Å². The molecule has 1 fully saturated rings. The Morgan fingerprint density at radius 1 is 0.938 bits per heavy atom. The number of fused-ring (bicyclic) bond motifs is 1. The van der Waals surface area contributed by atoms with Gasteiger partial charge in [0, 0.05) is 28.5 Å². The number of nitrogens with one attached hydrogen (secondary N) is 1. The number of benzene rings is 2. The van der Waals surface area contributed by atoms with Crippen LogP contribution in [0.5, 0.6) is 0 Å². The summed E-state index contributed by atoms with van der Waals surface area (Å²) in [6, 6.07) is 21.9. The number of amides is 1. The lowest BCUT2D eigenvalue weighted by molar-refractivity contribution is -0.120. The van der Waals surface area contributed by atoms with Gasteiger partial charge in [-0.1, -0.05) is 48.5 Å². The highest BCUT2D eigenvalue weighted by molar-refractivity contribution is 7.10. The highest BCUT2D eigenvalue weighted by Gasteiger charge is 2.45. The first-order chi connectivity index (χ1) is 15.7. The van der Waals surface area contributed by atoms with Gasteiger partial charge in [-0.25, -0.2) is 0 Å². The van der Waals surface area contributed by atoms with Gasteiger partial charge in [0.2, 0.25) is 5.91 Å². The van der Waals surface area contributed by atoms with Crippen molar-refractivity contribution in [1.29, 1.82) is 0 Å². The summed E-state index contributed by atoms with van der Waals surface area (Å²) in [5, 5.41) is 5.62. The minimum atomic E-state index is -0.376. The number of carbonyl (C=O) groups excluding carboxylic acids is 2. The number of anilines is 2. The summed E-state index contributed by atoms with van der Waals surface area (Å²) >= 11 is 1.61. The quantitative estimate of drug-likeness (QED) is 0.539. The zero-order valence-electron chi connectivity index (χ0n) is 17.7. The lowest BCUT2D eigenvalue weighted by Gasteiger charge is -2.34. The lowest BCUT2D eigenvalue weighted by atomic mass is 9.79.